The van der Waals surface area contributed by atoms with Gasteiger partial charge in [0.1, 0.15) is 0 Å². The molecule has 0 saturated heterocycles. The molecule has 42 heavy (non-hydrogen) atoms. The highest BCUT2D eigenvalue weighted by atomic mass is 79.9. The Labute approximate surface area is 269 Å². The van der Waals surface area contributed by atoms with Gasteiger partial charge in [0.05, 0.1) is 19.3 Å². The van der Waals surface area contributed by atoms with Gasteiger partial charge in [-0.1, -0.05) is 94.8 Å². The lowest BCUT2D eigenvalue weighted by Crippen LogP contribution is -2.45. The van der Waals surface area contributed by atoms with Crippen molar-refractivity contribution in [2.75, 3.05) is 7.11 Å². The van der Waals surface area contributed by atoms with E-state index in [0.717, 1.165) is 36.6 Å². The maximum Gasteiger partial charge on any atom is 0.305 e. The van der Waals surface area contributed by atoms with Crippen LogP contribution in [0.2, 0.25) is 36.3 Å². The van der Waals surface area contributed by atoms with Gasteiger partial charge in [-0.2, -0.15) is 0 Å². The fourth-order valence-corrected chi connectivity index (χ4v) is 7.94. The summed E-state index contributed by atoms with van der Waals surface area (Å²) in [5.74, 6) is 6.96. The molecule has 0 aliphatic heterocycles. The van der Waals surface area contributed by atoms with Crippen LogP contribution in [-0.2, 0) is 18.4 Å². The van der Waals surface area contributed by atoms with Gasteiger partial charge in [-0.25, -0.2) is 0 Å². The maximum absolute atomic E-state index is 11.5. The first kappa shape index (κ1) is 39.1. The zero-order valence-corrected chi connectivity index (χ0v) is 32.7. The van der Waals surface area contributed by atoms with E-state index in [9.17, 15) is 4.79 Å². The van der Waals surface area contributed by atoms with Crippen LogP contribution in [-0.4, -0.2) is 41.9 Å². The molecule has 0 aromatic heterocycles. The molecule has 0 aromatic rings. The second-order valence-electron chi connectivity index (χ2n) is 15.1. The molecule has 0 bridgehead atoms. The summed E-state index contributed by atoms with van der Waals surface area (Å²) >= 11 is 3.85. The van der Waals surface area contributed by atoms with Gasteiger partial charge in [0.25, 0.3) is 0 Å². The molecule has 1 unspecified atom stereocenters. The zero-order valence-electron chi connectivity index (χ0n) is 29.1. The van der Waals surface area contributed by atoms with Crippen molar-refractivity contribution < 1.29 is 18.4 Å². The van der Waals surface area contributed by atoms with Crippen molar-refractivity contribution in [3.8, 4) is 11.8 Å². The highest BCUT2D eigenvalue weighted by Crippen LogP contribution is 2.47. The Bertz CT molecular complexity index is 1020. The van der Waals surface area contributed by atoms with Crippen LogP contribution in [0.3, 0.4) is 0 Å². The number of allylic oxidation sites excluding steroid dienone is 2. The minimum absolute atomic E-state index is 0.00733. The van der Waals surface area contributed by atoms with Crippen LogP contribution in [0.5, 0.6) is 0 Å². The molecule has 1 rings (SSSR count). The maximum atomic E-state index is 11.5. The minimum atomic E-state index is -2.00. The normalized spacial score (nSPS) is 22.2. The molecule has 240 valence electrons. The largest absolute Gasteiger partial charge is 0.469 e. The summed E-state index contributed by atoms with van der Waals surface area (Å²) in [6.45, 7) is 31.9. The second-order valence-corrected chi connectivity index (χ2v) is 25.7. The number of ether oxygens (including phenoxy) is 1. The van der Waals surface area contributed by atoms with Gasteiger partial charge < -0.3 is 13.6 Å². The summed E-state index contributed by atoms with van der Waals surface area (Å²) in [7, 11) is -2.56. The van der Waals surface area contributed by atoms with Crippen LogP contribution in [0.4, 0.5) is 0 Å². The number of rotatable bonds is 14. The molecule has 1 aliphatic rings. The molecule has 0 N–H and O–H groups in total. The average molecular weight is 682 g/mol. The van der Waals surface area contributed by atoms with Gasteiger partial charge in [-0.15, -0.1) is 11.8 Å². The monoisotopic (exact) mass is 680 g/mol. The van der Waals surface area contributed by atoms with Gasteiger partial charge in [-0.05, 0) is 85.2 Å². The van der Waals surface area contributed by atoms with Gasteiger partial charge >= 0.3 is 5.97 Å². The van der Waals surface area contributed by atoms with Crippen LogP contribution in [0.15, 0.2) is 34.9 Å². The summed E-state index contributed by atoms with van der Waals surface area (Å²) in [6, 6.07) is 0. The van der Waals surface area contributed by atoms with E-state index in [-0.39, 0.29) is 46.0 Å². The van der Waals surface area contributed by atoms with E-state index in [1.807, 2.05) is 6.92 Å². The number of methoxy groups -OCH3 is 1. The first-order chi connectivity index (χ1) is 19.2. The number of halogens is 1. The third kappa shape index (κ3) is 11.9. The summed E-state index contributed by atoms with van der Waals surface area (Å²) in [4.78, 5) is 11.5. The second kappa shape index (κ2) is 16.4. The number of esters is 1. The molecular formula is C35H61BrO4Si2. The summed E-state index contributed by atoms with van der Waals surface area (Å²) in [6.07, 6.45) is 11.6. The summed E-state index contributed by atoms with van der Waals surface area (Å²) in [5.41, 5.74) is 1.25. The Kier molecular flexibility index (Phi) is 15.3. The SMILES string of the molecule is C=C1C[C@@H](O[Si](C)(C)C(C)(C)C)[C@H](/C=C/[C@@H](O[Si](C)(C)C(C)(C)C)C(C)CC#CC)[C@H]1C/C(Br)=C/CCCC(=O)OC. The summed E-state index contributed by atoms with van der Waals surface area (Å²) < 4.78 is 20.1. The molecule has 0 aromatic carbocycles. The fourth-order valence-electron chi connectivity index (χ4n) is 4.67. The number of hydrogen-bond donors (Lipinski definition) is 0. The van der Waals surface area contributed by atoms with E-state index in [0.29, 0.717) is 6.42 Å². The Morgan fingerprint density at radius 3 is 2.24 bits per heavy atom. The molecule has 5 atom stereocenters. The van der Waals surface area contributed by atoms with Crippen molar-refractivity contribution in [3.05, 3.63) is 34.9 Å². The molecule has 0 amide bonds. The number of carbonyl (C=O) groups is 1. The van der Waals surface area contributed by atoms with Crippen molar-refractivity contribution in [1.82, 2.24) is 0 Å². The third-order valence-corrected chi connectivity index (χ3v) is 19.3. The number of unbranched alkanes of at least 4 members (excludes halogenated alkanes) is 1. The van der Waals surface area contributed by atoms with Crippen molar-refractivity contribution in [2.24, 2.45) is 17.8 Å². The highest BCUT2D eigenvalue weighted by molar-refractivity contribution is 9.11. The molecule has 4 nitrogen and oxygen atoms in total. The standard InChI is InChI=1S/C35H61BrO4Si2/c1-15-16-19-26(2)31(39-41(11,12)34(4,5)6)23-22-29-30(25-28(36)20-17-18-21-33(37)38-10)27(3)24-32(29)40-42(13,14)35(7,8)9/h20,22-23,26,29-32H,3,17-19,21,24-25H2,1-2,4-14H3/b23-22+,28-20-/t26?,29-,30+,31-,32-/m1/s1. The molecule has 1 aliphatic carbocycles. The predicted octanol–water partition coefficient (Wildman–Crippen LogP) is 10.6. The molecule has 0 heterocycles. The van der Waals surface area contributed by atoms with E-state index in [4.69, 9.17) is 13.6 Å². The molecule has 0 radical (unpaired) electrons. The Morgan fingerprint density at radius 2 is 1.71 bits per heavy atom. The Balaban J connectivity index is 3.40. The molecule has 1 fully saturated rings. The lowest BCUT2D eigenvalue weighted by atomic mass is 9.88. The van der Waals surface area contributed by atoms with Crippen LogP contribution in [0, 0.1) is 29.6 Å². The van der Waals surface area contributed by atoms with E-state index < -0.39 is 16.6 Å². The van der Waals surface area contributed by atoms with Gasteiger partial charge in [-0.3, -0.25) is 4.79 Å². The number of hydrogen-bond acceptors (Lipinski definition) is 4. The van der Waals surface area contributed by atoms with Crippen molar-refractivity contribution >= 4 is 38.5 Å². The molecule has 7 heteroatoms. The van der Waals surface area contributed by atoms with Crippen molar-refractivity contribution in [2.45, 2.75) is 142 Å². The lowest BCUT2D eigenvalue weighted by molar-refractivity contribution is -0.140. The van der Waals surface area contributed by atoms with Crippen molar-refractivity contribution in [3.63, 3.8) is 0 Å². The quantitative estimate of drug-likeness (QED) is 0.0602. The van der Waals surface area contributed by atoms with E-state index in [1.165, 1.54) is 12.7 Å². The van der Waals surface area contributed by atoms with Gasteiger partial charge in [0.2, 0.25) is 0 Å². The fraction of sp³-hybridized carbons (Fsp3) is 0.743. The van der Waals surface area contributed by atoms with Crippen LogP contribution >= 0.6 is 15.9 Å². The lowest BCUT2D eigenvalue weighted by Gasteiger charge is -2.41. The van der Waals surface area contributed by atoms with Crippen LogP contribution in [0.25, 0.3) is 0 Å². The van der Waals surface area contributed by atoms with Gasteiger partial charge in [0, 0.05) is 18.8 Å². The third-order valence-electron chi connectivity index (χ3n) is 9.65. The van der Waals surface area contributed by atoms with Crippen molar-refractivity contribution in [1.29, 1.82) is 0 Å². The topological polar surface area (TPSA) is 44.8 Å². The van der Waals surface area contributed by atoms with Crippen LogP contribution in [0.1, 0.15) is 93.9 Å². The highest BCUT2D eigenvalue weighted by Gasteiger charge is 2.45. The number of carbonyl (C=O) groups excluding carboxylic acids is 1. The molecule has 0 spiro atoms. The van der Waals surface area contributed by atoms with E-state index in [1.54, 1.807) is 0 Å². The molecule has 1 saturated carbocycles. The zero-order chi connectivity index (χ0) is 32.5. The summed E-state index contributed by atoms with van der Waals surface area (Å²) in [5, 5.41) is 0.249. The first-order valence-electron chi connectivity index (χ1n) is 15.7. The van der Waals surface area contributed by atoms with Crippen LogP contribution < -0.4 is 0 Å². The van der Waals surface area contributed by atoms with Gasteiger partial charge in [0.15, 0.2) is 16.6 Å². The van der Waals surface area contributed by atoms with E-state index >= 15 is 0 Å². The smallest absolute Gasteiger partial charge is 0.305 e. The average Bonchev–Trinajstić information content (AvgIpc) is 3.13. The molecular weight excluding hydrogens is 620 g/mol. The predicted molar refractivity (Wildman–Crippen MR) is 189 cm³/mol. The van der Waals surface area contributed by atoms with E-state index in [2.05, 4.69) is 127 Å². The Hall–Kier alpha value is -0.916. The first-order valence-corrected chi connectivity index (χ1v) is 22.3. The Morgan fingerprint density at radius 1 is 1.12 bits per heavy atom. The minimum Gasteiger partial charge on any atom is -0.469 e.